The number of nitrogens with one attached hydrogen (secondary N) is 2. The third kappa shape index (κ3) is 5.21. The average molecular weight is 290 g/mol. The Morgan fingerprint density at radius 1 is 1.00 bits per heavy atom. The molecule has 0 aliphatic carbocycles. The number of carbonyl (C=O) groups is 2. The predicted octanol–water partition coefficient (Wildman–Crippen LogP) is 3.59. The number of anilines is 1. The van der Waals surface area contributed by atoms with Crippen molar-refractivity contribution in [2.24, 2.45) is 5.92 Å². The molecule has 0 aromatic heterocycles. The third-order valence-corrected chi connectivity index (χ3v) is 3.76. The number of rotatable bonds is 7. The van der Waals surface area contributed by atoms with Gasteiger partial charge in [0.2, 0.25) is 5.91 Å². The van der Waals surface area contributed by atoms with Gasteiger partial charge in [0.05, 0.1) is 0 Å². The van der Waals surface area contributed by atoms with Crippen LogP contribution < -0.4 is 10.6 Å². The largest absolute Gasteiger partial charge is 0.350 e. The van der Waals surface area contributed by atoms with Gasteiger partial charge in [0.15, 0.2) is 0 Å². The van der Waals surface area contributed by atoms with Crippen molar-refractivity contribution in [2.75, 3.05) is 5.32 Å². The zero-order valence-corrected chi connectivity index (χ0v) is 13.4. The van der Waals surface area contributed by atoms with Crippen molar-refractivity contribution >= 4 is 17.5 Å². The van der Waals surface area contributed by atoms with E-state index in [4.69, 9.17) is 0 Å². The van der Waals surface area contributed by atoms with Crippen LogP contribution in [0.1, 0.15) is 57.3 Å². The molecule has 4 nitrogen and oxygen atoms in total. The molecule has 1 unspecified atom stereocenters. The average Bonchev–Trinajstić information content (AvgIpc) is 2.49. The van der Waals surface area contributed by atoms with Crippen LogP contribution in [-0.2, 0) is 4.79 Å². The Bertz CT molecular complexity index is 464. The summed E-state index contributed by atoms with van der Waals surface area (Å²) >= 11 is 0. The lowest BCUT2D eigenvalue weighted by atomic mass is 10.0. The molecule has 0 spiro atoms. The maximum absolute atomic E-state index is 12.0. The van der Waals surface area contributed by atoms with Gasteiger partial charge in [-0.25, -0.2) is 0 Å². The molecule has 1 aromatic rings. The van der Waals surface area contributed by atoms with Gasteiger partial charge in [0.25, 0.3) is 5.91 Å². The molecule has 1 atom stereocenters. The van der Waals surface area contributed by atoms with E-state index in [0.29, 0.717) is 5.56 Å². The molecular formula is C17H26N2O2. The van der Waals surface area contributed by atoms with E-state index in [1.807, 2.05) is 27.7 Å². The summed E-state index contributed by atoms with van der Waals surface area (Å²) < 4.78 is 0. The molecule has 0 bridgehead atoms. The van der Waals surface area contributed by atoms with Gasteiger partial charge < -0.3 is 10.6 Å². The van der Waals surface area contributed by atoms with E-state index in [1.54, 1.807) is 24.3 Å². The summed E-state index contributed by atoms with van der Waals surface area (Å²) in [6.45, 7) is 8.02. The van der Waals surface area contributed by atoms with Crippen molar-refractivity contribution in [3.63, 3.8) is 0 Å². The normalized spacial score (nSPS) is 12.0. The van der Waals surface area contributed by atoms with E-state index >= 15 is 0 Å². The number of hydrogen-bond donors (Lipinski definition) is 2. The van der Waals surface area contributed by atoms with Crippen LogP contribution in [-0.4, -0.2) is 17.9 Å². The minimum atomic E-state index is -0.0813. The van der Waals surface area contributed by atoms with Crippen LogP contribution in [0, 0.1) is 5.92 Å². The molecule has 1 rings (SSSR count). The summed E-state index contributed by atoms with van der Waals surface area (Å²) in [6, 6.07) is 7.17. The van der Waals surface area contributed by atoms with Crippen molar-refractivity contribution in [3.05, 3.63) is 29.8 Å². The molecule has 4 heteroatoms. The van der Waals surface area contributed by atoms with E-state index in [9.17, 15) is 9.59 Å². The molecule has 1 aromatic carbocycles. The molecule has 2 N–H and O–H groups in total. The minimum Gasteiger partial charge on any atom is -0.350 e. The molecule has 0 aliphatic rings. The van der Waals surface area contributed by atoms with Gasteiger partial charge >= 0.3 is 0 Å². The van der Waals surface area contributed by atoms with Gasteiger partial charge in [-0.1, -0.05) is 20.8 Å². The zero-order chi connectivity index (χ0) is 15.8. The lowest BCUT2D eigenvalue weighted by Crippen LogP contribution is -2.31. The van der Waals surface area contributed by atoms with Gasteiger partial charge in [-0.05, 0) is 50.5 Å². The molecule has 116 valence electrons. The summed E-state index contributed by atoms with van der Waals surface area (Å²) in [5.74, 6) is -0.00240. The van der Waals surface area contributed by atoms with Crippen LogP contribution in [0.2, 0.25) is 0 Å². The molecule has 0 radical (unpaired) electrons. The summed E-state index contributed by atoms with van der Waals surface area (Å²) in [5, 5.41) is 5.81. The van der Waals surface area contributed by atoms with Crippen LogP contribution in [0.4, 0.5) is 5.69 Å². The van der Waals surface area contributed by atoms with Crippen molar-refractivity contribution in [3.8, 4) is 0 Å². The van der Waals surface area contributed by atoms with Crippen LogP contribution in [0.5, 0.6) is 0 Å². The number of benzene rings is 1. The summed E-state index contributed by atoms with van der Waals surface area (Å²) in [7, 11) is 0. The Morgan fingerprint density at radius 2 is 1.57 bits per heavy atom. The predicted molar refractivity (Wildman–Crippen MR) is 86.4 cm³/mol. The van der Waals surface area contributed by atoms with Crippen LogP contribution in [0.15, 0.2) is 24.3 Å². The number of carbonyl (C=O) groups excluding carboxylic acids is 2. The second kappa shape index (κ2) is 8.45. The van der Waals surface area contributed by atoms with Crippen molar-refractivity contribution < 1.29 is 9.59 Å². The van der Waals surface area contributed by atoms with Gasteiger partial charge in [0.1, 0.15) is 0 Å². The first-order valence-corrected chi connectivity index (χ1v) is 7.73. The van der Waals surface area contributed by atoms with Crippen LogP contribution in [0.25, 0.3) is 0 Å². The number of hydrogen-bond acceptors (Lipinski definition) is 2. The Labute approximate surface area is 127 Å². The highest BCUT2D eigenvalue weighted by Gasteiger charge is 2.14. The van der Waals surface area contributed by atoms with Crippen LogP contribution >= 0.6 is 0 Å². The third-order valence-electron chi connectivity index (χ3n) is 3.76. The molecule has 0 saturated carbocycles. The smallest absolute Gasteiger partial charge is 0.251 e. The second-order valence-corrected chi connectivity index (χ2v) is 5.36. The highest BCUT2D eigenvalue weighted by atomic mass is 16.2. The number of amides is 2. The molecular weight excluding hydrogens is 264 g/mol. The maximum atomic E-state index is 12.0. The second-order valence-electron chi connectivity index (χ2n) is 5.36. The van der Waals surface area contributed by atoms with E-state index in [1.165, 1.54) is 0 Å². The first-order chi connectivity index (χ1) is 10.0. The van der Waals surface area contributed by atoms with Crippen molar-refractivity contribution in [1.29, 1.82) is 0 Å². The fraction of sp³-hybridized carbons (Fsp3) is 0.529. The van der Waals surface area contributed by atoms with Crippen molar-refractivity contribution in [2.45, 2.75) is 53.0 Å². The summed E-state index contributed by atoms with van der Waals surface area (Å²) in [5.41, 5.74) is 1.34. The molecule has 0 saturated heterocycles. The Hall–Kier alpha value is -1.84. The van der Waals surface area contributed by atoms with Gasteiger partial charge in [-0.15, -0.1) is 0 Å². The molecule has 21 heavy (non-hydrogen) atoms. The van der Waals surface area contributed by atoms with E-state index in [2.05, 4.69) is 10.6 Å². The molecule has 0 aliphatic heterocycles. The van der Waals surface area contributed by atoms with E-state index < -0.39 is 0 Å². The summed E-state index contributed by atoms with van der Waals surface area (Å²) in [4.78, 5) is 23.9. The van der Waals surface area contributed by atoms with E-state index in [-0.39, 0.29) is 23.8 Å². The standard InChI is InChI=1S/C17H26N2O2/c1-5-12(4)18-17(21)14-8-10-15(11-9-14)19-16(20)13(6-2)7-3/h8-13H,5-7H2,1-4H3,(H,18,21)(H,19,20). The Kier molecular flexibility index (Phi) is 6.92. The lowest BCUT2D eigenvalue weighted by Gasteiger charge is -2.14. The first kappa shape index (κ1) is 17.2. The monoisotopic (exact) mass is 290 g/mol. The van der Waals surface area contributed by atoms with Gasteiger partial charge in [0, 0.05) is 23.2 Å². The fourth-order valence-corrected chi connectivity index (χ4v) is 2.02. The topological polar surface area (TPSA) is 58.2 Å². The summed E-state index contributed by atoms with van der Waals surface area (Å²) in [6.07, 6.45) is 2.56. The molecule has 0 heterocycles. The van der Waals surface area contributed by atoms with Gasteiger partial charge in [-0.3, -0.25) is 9.59 Å². The maximum Gasteiger partial charge on any atom is 0.251 e. The molecule has 0 fully saturated rings. The van der Waals surface area contributed by atoms with Crippen LogP contribution in [0.3, 0.4) is 0 Å². The SMILES string of the molecule is CCC(C)NC(=O)c1ccc(NC(=O)C(CC)CC)cc1. The first-order valence-electron chi connectivity index (χ1n) is 7.73. The highest BCUT2D eigenvalue weighted by Crippen LogP contribution is 2.14. The van der Waals surface area contributed by atoms with Gasteiger partial charge in [-0.2, -0.15) is 0 Å². The quantitative estimate of drug-likeness (QED) is 0.806. The Morgan fingerprint density at radius 3 is 2.05 bits per heavy atom. The Balaban J connectivity index is 2.66. The minimum absolute atomic E-state index is 0.0387. The fourth-order valence-electron chi connectivity index (χ4n) is 2.02. The van der Waals surface area contributed by atoms with Crippen molar-refractivity contribution in [1.82, 2.24) is 5.32 Å². The highest BCUT2D eigenvalue weighted by molar-refractivity contribution is 5.96. The zero-order valence-electron chi connectivity index (χ0n) is 13.4. The molecule has 2 amide bonds. The lowest BCUT2D eigenvalue weighted by molar-refractivity contribution is -0.120. The van der Waals surface area contributed by atoms with E-state index in [0.717, 1.165) is 24.9 Å².